The average Bonchev–Trinajstić information content (AvgIpc) is 2.40. The summed E-state index contributed by atoms with van der Waals surface area (Å²) in [6.07, 6.45) is 8.80. The lowest BCUT2D eigenvalue weighted by molar-refractivity contribution is 0.300. The Hall–Kier alpha value is -1.18. The summed E-state index contributed by atoms with van der Waals surface area (Å²) >= 11 is 0. The second-order valence-corrected chi connectivity index (χ2v) is 5.60. The van der Waals surface area contributed by atoms with Crippen LogP contribution in [0.4, 0.5) is 0 Å². The fourth-order valence-corrected chi connectivity index (χ4v) is 3.12. The van der Waals surface area contributed by atoms with E-state index in [2.05, 4.69) is 6.92 Å². The van der Waals surface area contributed by atoms with Gasteiger partial charge in [-0.3, -0.25) is 0 Å². The van der Waals surface area contributed by atoms with Crippen molar-refractivity contribution in [1.29, 1.82) is 0 Å². The molecule has 0 saturated heterocycles. The standard InChI is InChI=1S/C16H24O2/c1-2-3-4-12-5-7-13(8-6-12)15-11-14(17)9-10-16(15)18/h9-13,17-18H,2-8H2,1H3. The fraction of sp³-hybridized carbons (Fsp3) is 0.625. The van der Waals surface area contributed by atoms with Crippen LogP contribution in [0, 0.1) is 5.92 Å². The minimum atomic E-state index is 0.260. The molecule has 0 radical (unpaired) electrons. The molecule has 0 amide bonds. The maximum absolute atomic E-state index is 9.88. The van der Waals surface area contributed by atoms with Crippen LogP contribution in [0.1, 0.15) is 63.4 Å². The minimum absolute atomic E-state index is 0.260. The summed E-state index contributed by atoms with van der Waals surface area (Å²) in [5.74, 6) is 1.90. The predicted octanol–water partition coefficient (Wildman–Crippen LogP) is 4.56. The van der Waals surface area contributed by atoms with Gasteiger partial charge in [-0.25, -0.2) is 0 Å². The van der Waals surface area contributed by atoms with E-state index in [1.54, 1.807) is 18.2 Å². The van der Waals surface area contributed by atoms with E-state index >= 15 is 0 Å². The van der Waals surface area contributed by atoms with Crippen molar-refractivity contribution in [3.05, 3.63) is 23.8 Å². The first-order valence-electron chi connectivity index (χ1n) is 7.22. The van der Waals surface area contributed by atoms with Crippen LogP contribution < -0.4 is 0 Å². The van der Waals surface area contributed by atoms with Crippen LogP contribution in [0.15, 0.2) is 18.2 Å². The maximum atomic E-state index is 9.88. The van der Waals surface area contributed by atoms with Gasteiger partial charge in [0.2, 0.25) is 0 Å². The normalized spacial score (nSPS) is 24.1. The largest absolute Gasteiger partial charge is 0.508 e. The summed E-state index contributed by atoms with van der Waals surface area (Å²) in [6, 6.07) is 4.88. The summed E-state index contributed by atoms with van der Waals surface area (Å²) in [6.45, 7) is 2.25. The highest BCUT2D eigenvalue weighted by Gasteiger charge is 2.24. The highest BCUT2D eigenvalue weighted by molar-refractivity contribution is 5.41. The van der Waals surface area contributed by atoms with Gasteiger partial charge in [-0.2, -0.15) is 0 Å². The van der Waals surface area contributed by atoms with Gasteiger partial charge < -0.3 is 10.2 Å². The number of hydrogen-bond donors (Lipinski definition) is 2. The summed E-state index contributed by atoms with van der Waals surface area (Å²) in [5, 5.41) is 19.4. The summed E-state index contributed by atoms with van der Waals surface area (Å²) < 4.78 is 0. The molecule has 100 valence electrons. The molecule has 1 aliphatic rings. The van der Waals surface area contributed by atoms with E-state index in [0.717, 1.165) is 24.3 Å². The third-order valence-corrected chi connectivity index (χ3v) is 4.26. The van der Waals surface area contributed by atoms with Gasteiger partial charge in [0.25, 0.3) is 0 Å². The van der Waals surface area contributed by atoms with Gasteiger partial charge in [0.1, 0.15) is 11.5 Å². The first kappa shape index (κ1) is 13.3. The van der Waals surface area contributed by atoms with E-state index in [1.165, 1.54) is 32.1 Å². The zero-order chi connectivity index (χ0) is 13.0. The van der Waals surface area contributed by atoms with Crippen LogP contribution in [0.25, 0.3) is 0 Å². The van der Waals surface area contributed by atoms with Crippen LogP contribution in [0.2, 0.25) is 0 Å². The highest BCUT2D eigenvalue weighted by Crippen LogP contribution is 2.41. The number of phenols is 2. The predicted molar refractivity (Wildman–Crippen MR) is 74.0 cm³/mol. The second-order valence-electron chi connectivity index (χ2n) is 5.60. The van der Waals surface area contributed by atoms with Gasteiger partial charge in [-0.1, -0.05) is 26.2 Å². The van der Waals surface area contributed by atoms with Crippen LogP contribution in [-0.2, 0) is 0 Å². The molecule has 1 aromatic carbocycles. The Kier molecular flexibility index (Phi) is 4.51. The smallest absolute Gasteiger partial charge is 0.119 e. The molecule has 2 nitrogen and oxygen atoms in total. The average molecular weight is 248 g/mol. The molecule has 0 bridgehead atoms. The first-order chi connectivity index (χ1) is 8.70. The van der Waals surface area contributed by atoms with Crippen molar-refractivity contribution < 1.29 is 10.2 Å². The fourth-order valence-electron chi connectivity index (χ4n) is 3.12. The zero-order valence-corrected chi connectivity index (χ0v) is 11.2. The van der Waals surface area contributed by atoms with E-state index < -0.39 is 0 Å². The van der Waals surface area contributed by atoms with Crippen LogP contribution >= 0.6 is 0 Å². The molecule has 1 aliphatic carbocycles. The van der Waals surface area contributed by atoms with E-state index in [-0.39, 0.29) is 5.75 Å². The molecule has 2 N–H and O–H groups in total. The van der Waals surface area contributed by atoms with Crippen molar-refractivity contribution in [2.75, 3.05) is 0 Å². The third kappa shape index (κ3) is 3.18. The third-order valence-electron chi connectivity index (χ3n) is 4.26. The van der Waals surface area contributed by atoms with Gasteiger partial charge in [0, 0.05) is 5.56 Å². The quantitative estimate of drug-likeness (QED) is 0.767. The molecule has 0 heterocycles. The Morgan fingerprint density at radius 2 is 1.83 bits per heavy atom. The van der Waals surface area contributed by atoms with Crippen LogP contribution in [-0.4, -0.2) is 10.2 Å². The lowest BCUT2D eigenvalue weighted by Crippen LogP contribution is -2.13. The first-order valence-corrected chi connectivity index (χ1v) is 7.22. The van der Waals surface area contributed by atoms with Gasteiger partial charge >= 0.3 is 0 Å². The van der Waals surface area contributed by atoms with Gasteiger partial charge in [0.05, 0.1) is 0 Å². The number of unbranched alkanes of at least 4 members (excludes halogenated alkanes) is 1. The Bertz CT molecular complexity index is 379. The van der Waals surface area contributed by atoms with Crippen molar-refractivity contribution in [1.82, 2.24) is 0 Å². The number of phenolic OH excluding ortho intramolecular Hbond substituents is 2. The molecule has 18 heavy (non-hydrogen) atoms. The van der Waals surface area contributed by atoms with Crippen molar-refractivity contribution in [2.24, 2.45) is 5.92 Å². The summed E-state index contributed by atoms with van der Waals surface area (Å²) in [5.41, 5.74) is 0.934. The van der Waals surface area contributed by atoms with Crippen molar-refractivity contribution in [3.63, 3.8) is 0 Å². The highest BCUT2D eigenvalue weighted by atomic mass is 16.3. The lowest BCUT2D eigenvalue weighted by atomic mass is 9.77. The zero-order valence-electron chi connectivity index (χ0n) is 11.2. The maximum Gasteiger partial charge on any atom is 0.119 e. The molecule has 2 rings (SSSR count). The molecule has 1 fully saturated rings. The molecule has 0 aliphatic heterocycles. The molecular formula is C16H24O2. The summed E-state index contributed by atoms with van der Waals surface area (Å²) in [7, 11) is 0. The Balaban J connectivity index is 1.94. The minimum Gasteiger partial charge on any atom is -0.508 e. The molecular weight excluding hydrogens is 224 g/mol. The van der Waals surface area contributed by atoms with E-state index in [1.807, 2.05) is 0 Å². The Labute approximate surface area is 110 Å². The van der Waals surface area contributed by atoms with E-state index in [4.69, 9.17) is 0 Å². The SMILES string of the molecule is CCCCC1CCC(c2cc(O)ccc2O)CC1. The van der Waals surface area contributed by atoms with Crippen LogP contribution in [0.3, 0.4) is 0 Å². The second kappa shape index (κ2) is 6.12. The molecule has 0 spiro atoms. The van der Waals surface area contributed by atoms with Crippen molar-refractivity contribution in [3.8, 4) is 11.5 Å². The van der Waals surface area contributed by atoms with Gasteiger partial charge in [0.15, 0.2) is 0 Å². The Morgan fingerprint density at radius 3 is 2.50 bits per heavy atom. The topological polar surface area (TPSA) is 40.5 Å². The van der Waals surface area contributed by atoms with Crippen LogP contribution in [0.5, 0.6) is 11.5 Å². The number of rotatable bonds is 4. The lowest BCUT2D eigenvalue weighted by Gasteiger charge is -2.29. The summed E-state index contributed by atoms with van der Waals surface area (Å²) in [4.78, 5) is 0. The monoisotopic (exact) mass is 248 g/mol. The Morgan fingerprint density at radius 1 is 1.11 bits per heavy atom. The van der Waals surface area contributed by atoms with E-state index in [9.17, 15) is 10.2 Å². The van der Waals surface area contributed by atoms with Gasteiger partial charge in [-0.15, -0.1) is 0 Å². The molecule has 2 heteroatoms. The number of benzene rings is 1. The molecule has 0 aromatic heterocycles. The molecule has 0 unspecified atom stereocenters. The molecule has 1 saturated carbocycles. The molecule has 1 aromatic rings. The molecule has 0 atom stereocenters. The van der Waals surface area contributed by atoms with Gasteiger partial charge in [-0.05, 0) is 55.7 Å². The van der Waals surface area contributed by atoms with Crippen molar-refractivity contribution in [2.45, 2.75) is 57.8 Å². The number of hydrogen-bond acceptors (Lipinski definition) is 2. The number of aromatic hydroxyl groups is 2. The van der Waals surface area contributed by atoms with E-state index in [0.29, 0.717) is 11.7 Å². The van der Waals surface area contributed by atoms with Crippen molar-refractivity contribution >= 4 is 0 Å².